The second kappa shape index (κ2) is 20.9. The van der Waals surface area contributed by atoms with Crippen molar-refractivity contribution < 1.29 is 42.7 Å². The topological polar surface area (TPSA) is 175 Å². The van der Waals surface area contributed by atoms with Crippen molar-refractivity contribution in [2.24, 2.45) is 5.92 Å². The van der Waals surface area contributed by atoms with E-state index in [0.29, 0.717) is 31.2 Å². The number of amides is 6. The molecule has 15 heteroatoms. The van der Waals surface area contributed by atoms with Gasteiger partial charge in [0.25, 0.3) is 0 Å². The van der Waals surface area contributed by atoms with Gasteiger partial charge < -0.3 is 35.4 Å². The molecular weight excluding hydrogens is 723 g/mol. The lowest BCUT2D eigenvalue weighted by molar-refractivity contribution is -0.158. The van der Waals surface area contributed by atoms with Crippen LogP contribution in [0.25, 0.3) is 0 Å². The first-order valence-corrected chi connectivity index (χ1v) is 20.1. The minimum atomic E-state index is -1.48. The highest BCUT2D eigenvalue weighted by Gasteiger charge is 2.45. The molecule has 1 aromatic carbocycles. The molecule has 56 heavy (non-hydrogen) atoms. The van der Waals surface area contributed by atoms with Gasteiger partial charge in [-0.1, -0.05) is 57.7 Å². The van der Waals surface area contributed by atoms with Crippen LogP contribution in [0.4, 0.5) is 4.39 Å². The van der Waals surface area contributed by atoms with E-state index < -0.39 is 90.1 Å². The van der Waals surface area contributed by atoms with Crippen LogP contribution in [0.15, 0.2) is 36.4 Å². The number of nitrogens with zero attached hydrogens (tertiary/aromatic N) is 3. The van der Waals surface area contributed by atoms with Gasteiger partial charge in [0.05, 0.1) is 0 Å². The number of likely N-dealkylation sites (N-methyl/N-ethyl adjacent to an activating group) is 1. The van der Waals surface area contributed by atoms with Crippen LogP contribution in [0, 0.1) is 11.7 Å². The number of unbranched alkanes of at least 4 members (excludes halogenated alkanes) is 4. The van der Waals surface area contributed by atoms with Gasteiger partial charge in [0, 0.05) is 26.6 Å². The number of carbonyl (C=O) groups excluding carboxylic acids is 7. The summed E-state index contributed by atoms with van der Waals surface area (Å²) in [5.74, 6) is -4.77. The Morgan fingerprint density at radius 3 is 2.38 bits per heavy atom. The summed E-state index contributed by atoms with van der Waals surface area (Å²) in [5.41, 5.74) is 0.541. The van der Waals surface area contributed by atoms with Gasteiger partial charge in [-0.15, -0.1) is 0 Å². The minimum absolute atomic E-state index is 0.00290. The standard InChI is InChI=1S/C41H59FN6O8/c1-6-8-10-11-12-16-35(49)44-31(22-28-17-19-30(42)20-18-28)37(51)45-32-25-56-41(55)34-23-29(14-9-7-2)24-48(34)38(52)26(3)43-36(50)27(4)46(5)40(54)33-15-13-21-47(33)39(32)53/h12,16-20,26-27,29,31-34H,6-11,13-15,21-25H2,1-5H3,(H,43,50)(H,44,49)(H,45,51)/t26-,27-,29+,31-,32-,33-,34-/m0/s1. The number of esters is 1. The first kappa shape index (κ1) is 43.9. The molecule has 308 valence electrons. The first-order chi connectivity index (χ1) is 26.7. The number of fused-ring (bicyclic) bond motifs is 2. The Morgan fingerprint density at radius 2 is 1.68 bits per heavy atom. The number of cyclic esters (lactones) is 1. The normalized spacial score (nSPS) is 25.8. The molecular formula is C41H59FN6O8. The number of hydrogen-bond donors (Lipinski definition) is 3. The van der Waals surface area contributed by atoms with Crippen LogP contribution < -0.4 is 16.0 Å². The predicted molar refractivity (Wildman–Crippen MR) is 206 cm³/mol. The number of ether oxygens (including phenoxy) is 1. The molecule has 3 fully saturated rings. The Hall–Kier alpha value is -4.82. The van der Waals surface area contributed by atoms with Crippen LogP contribution in [0.2, 0.25) is 0 Å². The molecule has 3 aliphatic rings. The third-order valence-corrected chi connectivity index (χ3v) is 11.0. The van der Waals surface area contributed by atoms with Crippen molar-refractivity contribution in [3.63, 3.8) is 0 Å². The lowest BCUT2D eigenvalue weighted by atomic mass is 9.99. The third-order valence-electron chi connectivity index (χ3n) is 11.0. The monoisotopic (exact) mass is 782 g/mol. The molecule has 14 nitrogen and oxygen atoms in total. The van der Waals surface area contributed by atoms with E-state index in [1.807, 2.05) is 6.92 Å². The molecule has 4 rings (SSSR count). The second-order valence-corrected chi connectivity index (χ2v) is 15.3. The number of allylic oxidation sites excluding steroid dienone is 1. The Balaban J connectivity index is 1.66. The average Bonchev–Trinajstić information content (AvgIpc) is 3.85. The van der Waals surface area contributed by atoms with Gasteiger partial charge in [0.15, 0.2) is 0 Å². The van der Waals surface area contributed by atoms with Crippen molar-refractivity contribution in [2.45, 2.75) is 135 Å². The van der Waals surface area contributed by atoms with Crippen LogP contribution in [0.1, 0.15) is 97.5 Å². The van der Waals surface area contributed by atoms with Gasteiger partial charge in [0.1, 0.15) is 48.7 Å². The van der Waals surface area contributed by atoms with Crippen LogP contribution in [0.5, 0.6) is 0 Å². The Morgan fingerprint density at radius 1 is 0.964 bits per heavy atom. The number of carbonyl (C=O) groups is 7. The molecule has 1 aromatic rings. The molecule has 0 radical (unpaired) electrons. The minimum Gasteiger partial charge on any atom is -0.461 e. The highest BCUT2D eigenvalue weighted by molar-refractivity contribution is 5.98. The molecule has 3 aliphatic heterocycles. The third kappa shape index (κ3) is 11.6. The van der Waals surface area contributed by atoms with Crippen LogP contribution >= 0.6 is 0 Å². The Bertz CT molecular complexity index is 1600. The van der Waals surface area contributed by atoms with Crippen molar-refractivity contribution in [1.82, 2.24) is 30.7 Å². The molecule has 0 spiro atoms. The summed E-state index contributed by atoms with van der Waals surface area (Å²) in [4.78, 5) is 100. The molecule has 0 aliphatic carbocycles. The zero-order chi connectivity index (χ0) is 40.9. The van der Waals surface area contributed by atoms with Crippen molar-refractivity contribution in [3.05, 3.63) is 47.8 Å². The van der Waals surface area contributed by atoms with Gasteiger partial charge in [-0.3, -0.25) is 28.8 Å². The zero-order valence-electron chi connectivity index (χ0n) is 33.4. The fourth-order valence-corrected chi connectivity index (χ4v) is 7.52. The van der Waals surface area contributed by atoms with Crippen molar-refractivity contribution in [2.75, 3.05) is 26.7 Å². The van der Waals surface area contributed by atoms with Gasteiger partial charge in [0.2, 0.25) is 35.4 Å². The highest BCUT2D eigenvalue weighted by Crippen LogP contribution is 2.29. The molecule has 3 saturated heterocycles. The summed E-state index contributed by atoms with van der Waals surface area (Å²) in [6, 6.07) is -1.20. The zero-order valence-corrected chi connectivity index (χ0v) is 33.4. The predicted octanol–water partition coefficient (Wildman–Crippen LogP) is 2.78. The Kier molecular flexibility index (Phi) is 16.4. The van der Waals surface area contributed by atoms with Crippen LogP contribution in [0.3, 0.4) is 0 Å². The van der Waals surface area contributed by atoms with Crippen LogP contribution in [-0.4, -0.2) is 119 Å². The summed E-state index contributed by atoms with van der Waals surface area (Å²) >= 11 is 0. The number of benzene rings is 1. The van der Waals surface area contributed by atoms with E-state index in [1.165, 1.54) is 65.9 Å². The maximum atomic E-state index is 14.4. The first-order valence-electron chi connectivity index (χ1n) is 20.1. The molecule has 6 amide bonds. The lowest BCUT2D eigenvalue weighted by Crippen LogP contribution is -2.60. The summed E-state index contributed by atoms with van der Waals surface area (Å²) in [7, 11) is 1.46. The van der Waals surface area contributed by atoms with Crippen LogP contribution in [-0.2, 0) is 44.7 Å². The van der Waals surface area contributed by atoms with E-state index in [0.717, 1.165) is 38.5 Å². The number of rotatable bonds is 13. The summed E-state index contributed by atoms with van der Waals surface area (Å²) in [6.07, 6.45) is 10.3. The van der Waals surface area contributed by atoms with E-state index in [2.05, 4.69) is 22.9 Å². The summed E-state index contributed by atoms with van der Waals surface area (Å²) in [6.45, 7) is 7.03. The maximum Gasteiger partial charge on any atom is 0.328 e. The number of halogens is 1. The SMILES string of the molecule is CCCCCC=CC(=O)N[C@@H](Cc1ccc(F)cc1)C(=O)N[C@H]1COC(=O)[C@@H]2C[C@@H](CCCC)CN2C(=O)[C@H](C)NC(=O)[C@H](C)N(C)C(=O)[C@@H]2CCCN2C1=O. The molecule has 3 N–H and O–H groups in total. The lowest BCUT2D eigenvalue weighted by Gasteiger charge is -2.34. The largest absolute Gasteiger partial charge is 0.461 e. The molecule has 0 bridgehead atoms. The van der Waals surface area contributed by atoms with Crippen molar-refractivity contribution in [1.29, 1.82) is 0 Å². The maximum absolute atomic E-state index is 14.4. The van der Waals surface area contributed by atoms with Gasteiger partial charge in [-0.2, -0.15) is 0 Å². The quantitative estimate of drug-likeness (QED) is 0.156. The van der Waals surface area contributed by atoms with Crippen molar-refractivity contribution >= 4 is 41.4 Å². The number of nitrogens with one attached hydrogen (secondary N) is 3. The van der Waals surface area contributed by atoms with Gasteiger partial charge >= 0.3 is 5.97 Å². The van der Waals surface area contributed by atoms with E-state index >= 15 is 0 Å². The molecule has 3 heterocycles. The van der Waals surface area contributed by atoms with Gasteiger partial charge in [-0.25, -0.2) is 9.18 Å². The van der Waals surface area contributed by atoms with Crippen molar-refractivity contribution in [3.8, 4) is 0 Å². The summed E-state index contributed by atoms with van der Waals surface area (Å²) < 4.78 is 19.5. The smallest absolute Gasteiger partial charge is 0.328 e. The average molecular weight is 783 g/mol. The summed E-state index contributed by atoms with van der Waals surface area (Å²) in [5, 5.41) is 8.09. The second-order valence-electron chi connectivity index (χ2n) is 15.3. The fraction of sp³-hybridized carbons (Fsp3) is 0.634. The van der Waals surface area contributed by atoms with E-state index in [9.17, 15) is 38.0 Å². The molecule has 0 aromatic heterocycles. The number of hydrogen-bond acceptors (Lipinski definition) is 8. The highest BCUT2D eigenvalue weighted by atomic mass is 19.1. The van der Waals surface area contributed by atoms with Gasteiger partial charge in [-0.05, 0) is 82.1 Å². The molecule has 0 saturated carbocycles. The van der Waals surface area contributed by atoms with E-state index in [-0.39, 0.29) is 25.4 Å². The van der Waals surface area contributed by atoms with E-state index in [4.69, 9.17) is 4.74 Å². The Labute approximate surface area is 329 Å². The molecule has 7 atom stereocenters. The molecule has 0 unspecified atom stereocenters. The fourth-order valence-electron chi connectivity index (χ4n) is 7.52. The van der Waals surface area contributed by atoms with E-state index in [1.54, 1.807) is 6.08 Å².